The molecule has 1 amide bonds. The fourth-order valence-corrected chi connectivity index (χ4v) is 2.36. The SMILES string of the molecule is CCCOc1ccc(C=Nc2ccc3c(c2)NC(=O)[C@@H](C)O3)c(O)c1. The Balaban J connectivity index is 1.76. The number of ether oxygens (including phenoxy) is 2. The van der Waals surface area contributed by atoms with Crippen molar-refractivity contribution < 1.29 is 19.4 Å². The Morgan fingerprint density at radius 3 is 2.92 bits per heavy atom. The summed E-state index contributed by atoms with van der Waals surface area (Å²) in [7, 11) is 0. The van der Waals surface area contributed by atoms with E-state index in [1.165, 1.54) is 0 Å². The van der Waals surface area contributed by atoms with Gasteiger partial charge in [-0.25, -0.2) is 0 Å². The summed E-state index contributed by atoms with van der Waals surface area (Å²) in [6.07, 6.45) is 1.96. The molecule has 2 aromatic rings. The van der Waals surface area contributed by atoms with Crippen LogP contribution in [-0.2, 0) is 4.79 Å². The van der Waals surface area contributed by atoms with Crippen molar-refractivity contribution >= 4 is 23.5 Å². The molecule has 1 aliphatic rings. The van der Waals surface area contributed by atoms with Crippen molar-refractivity contribution in [2.24, 2.45) is 4.99 Å². The molecule has 6 nitrogen and oxygen atoms in total. The molecule has 1 atom stereocenters. The standard InChI is InChI=1S/C19H20N2O4/c1-3-8-24-15-6-4-13(17(22)10-15)11-20-14-5-7-18-16(9-14)21-19(23)12(2)25-18/h4-7,9-12,22H,3,8H2,1-2H3,(H,21,23)/t12-/m1/s1. The molecule has 0 saturated heterocycles. The number of phenolic OH excluding ortho intramolecular Hbond substituents is 1. The average Bonchev–Trinajstić information content (AvgIpc) is 2.60. The number of carbonyl (C=O) groups is 1. The number of benzene rings is 2. The maximum atomic E-state index is 11.7. The second kappa shape index (κ2) is 7.25. The van der Waals surface area contributed by atoms with Crippen LogP contribution in [0.25, 0.3) is 0 Å². The number of rotatable bonds is 5. The summed E-state index contributed by atoms with van der Waals surface area (Å²) in [6.45, 7) is 4.32. The van der Waals surface area contributed by atoms with Gasteiger partial charge in [-0.15, -0.1) is 0 Å². The third-order valence-electron chi connectivity index (χ3n) is 3.72. The number of amides is 1. The molecule has 0 fully saturated rings. The van der Waals surface area contributed by atoms with Crippen LogP contribution < -0.4 is 14.8 Å². The minimum atomic E-state index is -0.507. The van der Waals surface area contributed by atoms with Crippen LogP contribution in [-0.4, -0.2) is 29.9 Å². The monoisotopic (exact) mass is 340 g/mol. The second-order valence-electron chi connectivity index (χ2n) is 5.76. The lowest BCUT2D eigenvalue weighted by Crippen LogP contribution is -2.34. The van der Waals surface area contributed by atoms with E-state index in [0.29, 0.717) is 35.0 Å². The van der Waals surface area contributed by atoms with E-state index in [2.05, 4.69) is 10.3 Å². The highest BCUT2D eigenvalue weighted by Crippen LogP contribution is 2.33. The van der Waals surface area contributed by atoms with Crippen molar-refractivity contribution in [3.63, 3.8) is 0 Å². The first kappa shape index (κ1) is 16.8. The van der Waals surface area contributed by atoms with Crippen molar-refractivity contribution in [1.29, 1.82) is 0 Å². The highest BCUT2D eigenvalue weighted by atomic mass is 16.5. The van der Waals surface area contributed by atoms with Gasteiger partial charge in [0.2, 0.25) is 0 Å². The number of carbonyl (C=O) groups excluding carboxylic acids is 1. The number of nitrogens with zero attached hydrogens (tertiary/aromatic N) is 1. The lowest BCUT2D eigenvalue weighted by molar-refractivity contribution is -0.122. The van der Waals surface area contributed by atoms with Crippen LogP contribution in [0, 0.1) is 0 Å². The van der Waals surface area contributed by atoms with Gasteiger partial charge >= 0.3 is 0 Å². The number of anilines is 1. The van der Waals surface area contributed by atoms with Crippen molar-refractivity contribution in [1.82, 2.24) is 0 Å². The Hall–Kier alpha value is -3.02. The minimum absolute atomic E-state index is 0.0979. The molecule has 0 spiro atoms. The molecule has 2 aromatic carbocycles. The first-order valence-corrected chi connectivity index (χ1v) is 8.18. The molecule has 0 unspecified atom stereocenters. The molecule has 130 valence electrons. The first-order valence-electron chi connectivity index (χ1n) is 8.18. The molecule has 0 radical (unpaired) electrons. The van der Waals surface area contributed by atoms with Crippen LogP contribution in [0.1, 0.15) is 25.8 Å². The Bertz CT molecular complexity index is 817. The van der Waals surface area contributed by atoms with Crippen molar-refractivity contribution in [2.45, 2.75) is 26.4 Å². The fourth-order valence-electron chi connectivity index (χ4n) is 2.36. The minimum Gasteiger partial charge on any atom is -0.507 e. The molecular formula is C19H20N2O4. The molecular weight excluding hydrogens is 320 g/mol. The maximum Gasteiger partial charge on any atom is 0.265 e. The van der Waals surface area contributed by atoms with E-state index in [1.807, 2.05) is 6.92 Å². The van der Waals surface area contributed by atoms with E-state index in [1.54, 1.807) is 49.5 Å². The zero-order valence-electron chi connectivity index (χ0n) is 14.2. The smallest absolute Gasteiger partial charge is 0.265 e. The third kappa shape index (κ3) is 3.91. The molecule has 0 aliphatic carbocycles. The summed E-state index contributed by atoms with van der Waals surface area (Å²) < 4.78 is 11.0. The molecule has 6 heteroatoms. The van der Waals surface area contributed by atoms with Crippen molar-refractivity contribution in [3.8, 4) is 17.2 Å². The predicted octanol–water partition coefficient (Wildman–Crippen LogP) is 3.65. The summed E-state index contributed by atoms with van der Waals surface area (Å²) in [5.41, 5.74) is 1.81. The fraction of sp³-hybridized carbons (Fsp3) is 0.263. The van der Waals surface area contributed by atoms with E-state index >= 15 is 0 Å². The maximum absolute atomic E-state index is 11.7. The van der Waals surface area contributed by atoms with Gasteiger partial charge < -0.3 is 19.9 Å². The molecule has 0 bridgehead atoms. The van der Waals surface area contributed by atoms with Crippen molar-refractivity contribution in [3.05, 3.63) is 42.0 Å². The van der Waals surface area contributed by atoms with Crippen LogP contribution in [0.5, 0.6) is 17.2 Å². The van der Waals surface area contributed by atoms with E-state index in [4.69, 9.17) is 9.47 Å². The highest BCUT2D eigenvalue weighted by Gasteiger charge is 2.23. The number of hydrogen-bond acceptors (Lipinski definition) is 5. The summed E-state index contributed by atoms with van der Waals surface area (Å²) in [4.78, 5) is 16.0. The Labute approximate surface area is 146 Å². The quantitative estimate of drug-likeness (QED) is 0.814. The molecule has 1 heterocycles. The molecule has 0 saturated carbocycles. The zero-order valence-corrected chi connectivity index (χ0v) is 14.2. The largest absolute Gasteiger partial charge is 0.507 e. The topological polar surface area (TPSA) is 80.2 Å². The van der Waals surface area contributed by atoms with Gasteiger partial charge in [-0.3, -0.25) is 9.79 Å². The third-order valence-corrected chi connectivity index (χ3v) is 3.72. The van der Waals surface area contributed by atoms with Crippen molar-refractivity contribution in [2.75, 3.05) is 11.9 Å². The van der Waals surface area contributed by atoms with Gasteiger partial charge in [0, 0.05) is 17.8 Å². The zero-order chi connectivity index (χ0) is 17.8. The van der Waals surface area contributed by atoms with Crippen LogP contribution in [0.15, 0.2) is 41.4 Å². The number of aromatic hydroxyl groups is 1. The van der Waals surface area contributed by atoms with E-state index < -0.39 is 6.10 Å². The molecule has 3 rings (SSSR count). The summed E-state index contributed by atoms with van der Waals surface area (Å²) >= 11 is 0. The molecule has 25 heavy (non-hydrogen) atoms. The number of hydrogen-bond donors (Lipinski definition) is 2. The number of aliphatic imine (C=N–C) groups is 1. The van der Waals surface area contributed by atoms with E-state index in [-0.39, 0.29) is 11.7 Å². The number of phenols is 1. The van der Waals surface area contributed by atoms with Gasteiger partial charge in [-0.05, 0) is 43.7 Å². The second-order valence-corrected chi connectivity index (χ2v) is 5.76. The normalized spacial score (nSPS) is 16.2. The predicted molar refractivity (Wildman–Crippen MR) is 96.3 cm³/mol. The Morgan fingerprint density at radius 1 is 1.32 bits per heavy atom. The van der Waals surface area contributed by atoms with Crippen LogP contribution >= 0.6 is 0 Å². The summed E-state index contributed by atoms with van der Waals surface area (Å²) in [6, 6.07) is 10.4. The molecule has 1 aliphatic heterocycles. The lowest BCUT2D eigenvalue weighted by atomic mass is 10.2. The van der Waals surface area contributed by atoms with Crippen LogP contribution in [0.4, 0.5) is 11.4 Å². The average molecular weight is 340 g/mol. The Kier molecular flexibility index (Phi) is 4.88. The van der Waals surface area contributed by atoms with Gasteiger partial charge in [-0.1, -0.05) is 6.92 Å². The summed E-state index contributed by atoms with van der Waals surface area (Å²) in [5, 5.41) is 12.9. The highest BCUT2D eigenvalue weighted by molar-refractivity contribution is 5.98. The summed E-state index contributed by atoms with van der Waals surface area (Å²) in [5.74, 6) is 1.15. The first-order chi connectivity index (χ1) is 12.1. The Morgan fingerprint density at radius 2 is 2.16 bits per heavy atom. The van der Waals surface area contributed by atoms with Crippen LogP contribution in [0.3, 0.4) is 0 Å². The van der Waals surface area contributed by atoms with Gasteiger partial charge in [0.1, 0.15) is 17.2 Å². The molecule has 2 N–H and O–H groups in total. The van der Waals surface area contributed by atoms with Gasteiger partial charge in [-0.2, -0.15) is 0 Å². The van der Waals surface area contributed by atoms with Gasteiger partial charge in [0.05, 0.1) is 18.0 Å². The van der Waals surface area contributed by atoms with E-state index in [9.17, 15) is 9.90 Å². The van der Waals surface area contributed by atoms with E-state index in [0.717, 1.165) is 6.42 Å². The number of nitrogens with one attached hydrogen (secondary N) is 1. The van der Waals surface area contributed by atoms with Crippen LogP contribution in [0.2, 0.25) is 0 Å². The van der Waals surface area contributed by atoms with Gasteiger partial charge in [0.15, 0.2) is 6.10 Å². The molecule has 0 aromatic heterocycles. The lowest BCUT2D eigenvalue weighted by Gasteiger charge is -2.23. The number of fused-ring (bicyclic) bond motifs is 1. The van der Waals surface area contributed by atoms with Gasteiger partial charge in [0.25, 0.3) is 5.91 Å².